The molecule has 0 aliphatic carbocycles. The van der Waals surface area contributed by atoms with Crippen LogP contribution in [0.2, 0.25) is 0 Å². The highest BCUT2D eigenvalue weighted by atomic mass is 16.5. The topological polar surface area (TPSA) is 9.23 Å². The molecule has 1 nitrogen and oxygen atoms in total. The lowest BCUT2D eigenvalue weighted by Gasteiger charge is -2.02. The van der Waals surface area contributed by atoms with Gasteiger partial charge in [-0.1, -0.05) is 32.4 Å². The molecule has 0 spiro atoms. The molecule has 1 unspecified atom stereocenters. The Morgan fingerprint density at radius 2 is 2.20 bits per heavy atom. The molecule has 10 heavy (non-hydrogen) atoms. The third kappa shape index (κ3) is 5.83. The minimum Gasteiger partial charge on any atom is -0.384 e. The molecule has 0 aromatic carbocycles. The molecule has 0 radical (unpaired) electrons. The van der Waals surface area contributed by atoms with Crippen LogP contribution in [-0.4, -0.2) is 13.7 Å². The molecule has 0 aromatic heterocycles. The van der Waals surface area contributed by atoms with Crippen LogP contribution < -0.4 is 0 Å². The van der Waals surface area contributed by atoms with Crippen LogP contribution in [0.15, 0.2) is 12.2 Å². The van der Waals surface area contributed by atoms with Crippen molar-refractivity contribution in [3.63, 3.8) is 0 Å². The van der Waals surface area contributed by atoms with E-state index in [4.69, 9.17) is 4.74 Å². The number of unbranched alkanes of at least 4 members (excludes halogenated alkanes) is 1. The summed E-state index contributed by atoms with van der Waals surface area (Å²) in [5, 5.41) is 0. The van der Waals surface area contributed by atoms with E-state index in [1.165, 1.54) is 12.8 Å². The van der Waals surface area contributed by atoms with Crippen LogP contribution in [0.4, 0.5) is 0 Å². The van der Waals surface area contributed by atoms with Crippen LogP contribution in [0, 0.1) is 5.92 Å². The summed E-state index contributed by atoms with van der Waals surface area (Å²) >= 11 is 0. The molecule has 0 N–H and O–H groups in total. The van der Waals surface area contributed by atoms with Crippen molar-refractivity contribution in [1.82, 2.24) is 0 Å². The number of methoxy groups -OCH3 is 1. The van der Waals surface area contributed by atoms with Crippen LogP contribution in [0.3, 0.4) is 0 Å². The minimum atomic E-state index is 0.566. The molecular formula is C9H18O. The Morgan fingerprint density at radius 3 is 2.70 bits per heavy atom. The third-order valence-corrected chi connectivity index (χ3v) is 1.35. The molecule has 0 amide bonds. The molecule has 0 rings (SSSR count). The van der Waals surface area contributed by atoms with E-state index < -0.39 is 0 Å². The fourth-order valence-electron chi connectivity index (χ4n) is 0.814. The van der Waals surface area contributed by atoms with Gasteiger partial charge in [0.25, 0.3) is 0 Å². The number of hydrogen-bond donors (Lipinski definition) is 0. The molecule has 1 heteroatoms. The zero-order chi connectivity index (χ0) is 7.82. The lowest BCUT2D eigenvalue weighted by Crippen LogP contribution is -1.98. The first-order chi connectivity index (χ1) is 4.81. The Balaban J connectivity index is 3.26. The SMILES string of the molecule is CCCC=CC(C)COC. The van der Waals surface area contributed by atoms with Crippen LogP contribution in [0.1, 0.15) is 26.7 Å². The maximum absolute atomic E-state index is 4.98. The lowest BCUT2D eigenvalue weighted by molar-refractivity contribution is 0.176. The first-order valence-corrected chi connectivity index (χ1v) is 3.96. The van der Waals surface area contributed by atoms with Gasteiger partial charge in [-0.05, 0) is 12.3 Å². The first kappa shape index (κ1) is 9.70. The van der Waals surface area contributed by atoms with E-state index >= 15 is 0 Å². The van der Waals surface area contributed by atoms with Gasteiger partial charge in [0.2, 0.25) is 0 Å². The van der Waals surface area contributed by atoms with Gasteiger partial charge in [0, 0.05) is 7.11 Å². The van der Waals surface area contributed by atoms with Crippen molar-refractivity contribution in [1.29, 1.82) is 0 Å². The van der Waals surface area contributed by atoms with E-state index in [0.717, 1.165) is 6.61 Å². The van der Waals surface area contributed by atoms with Crippen LogP contribution in [-0.2, 0) is 4.74 Å². The van der Waals surface area contributed by atoms with Crippen molar-refractivity contribution in [2.75, 3.05) is 13.7 Å². The maximum Gasteiger partial charge on any atom is 0.0522 e. The smallest absolute Gasteiger partial charge is 0.0522 e. The average Bonchev–Trinajstić information content (AvgIpc) is 1.89. The predicted octanol–water partition coefficient (Wildman–Crippen LogP) is 2.63. The summed E-state index contributed by atoms with van der Waals surface area (Å²) < 4.78 is 4.98. The first-order valence-electron chi connectivity index (χ1n) is 3.96. The van der Waals surface area contributed by atoms with E-state index in [1.807, 2.05) is 0 Å². The fourth-order valence-corrected chi connectivity index (χ4v) is 0.814. The Bertz CT molecular complexity index is 86.7. The highest BCUT2D eigenvalue weighted by molar-refractivity contribution is 4.85. The highest BCUT2D eigenvalue weighted by Crippen LogP contribution is 1.99. The van der Waals surface area contributed by atoms with E-state index in [1.54, 1.807) is 7.11 Å². The van der Waals surface area contributed by atoms with Gasteiger partial charge in [-0.3, -0.25) is 0 Å². The Labute approximate surface area is 64.1 Å². The number of rotatable bonds is 5. The summed E-state index contributed by atoms with van der Waals surface area (Å²) in [6.07, 6.45) is 6.86. The van der Waals surface area contributed by atoms with Crippen molar-refractivity contribution in [3.8, 4) is 0 Å². The summed E-state index contributed by atoms with van der Waals surface area (Å²) in [6.45, 7) is 5.18. The summed E-state index contributed by atoms with van der Waals surface area (Å²) in [5.41, 5.74) is 0. The van der Waals surface area contributed by atoms with Crippen molar-refractivity contribution >= 4 is 0 Å². The molecule has 0 aliphatic heterocycles. The number of allylic oxidation sites excluding steroid dienone is 1. The molecule has 1 atom stereocenters. The molecule has 0 aromatic rings. The standard InChI is InChI=1S/C9H18O/c1-4-5-6-7-9(2)8-10-3/h6-7,9H,4-5,8H2,1-3H3. The maximum atomic E-state index is 4.98. The predicted molar refractivity (Wildman–Crippen MR) is 45.1 cm³/mol. The summed E-state index contributed by atoms with van der Waals surface area (Å²) in [7, 11) is 1.74. The van der Waals surface area contributed by atoms with E-state index in [-0.39, 0.29) is 0 Å². The molecule has 60 valence electrons. The summed E-state index contributed by atoms with van der Waals surface area (Å²) in [5.74, 6) is 0.566. The van der Waals surface area contributed by atoms with E-state index in [0.29, 0.717) is 5.92 Å². The van der Waals surface area contributed by atoms with Gasteiger partial charge in [0.15, 0.2) is 0 Å². The van der Waals surface area contributed by atoms with Gasteiger partial charge in [-0.2, -0.15) is 0 Å². The lowest BCUT2D eigenvalue weighted by atomic mass is 10.1. The molecule has 0 heterocycles. The Kier molecular flexibility index (Phi) is 6.61. The molecule has 0 bridgehead atoms. The van der Waals surface area contributed by atoms with Crippen molar-refractivity contribution in [3.05, 3.63) is 12.2 Å². The van der Waals surface area contributed by atoms with Gasteiger partial charge in [-0.15, -0.1) is 0 Å². The average molecular weight is 142 g/mol. The second kappa shape index (κ2) is 6.81. The van der Waals surface area contributed by atoms with Crippen molar-refractivity contribution in [2.45, 2.75) is 26.7 Å². The van der Waals surface area contributed by atoms with Crippen molar-refractivity contribution in [2.24, 2.45) is 5.92 Å². The van der Waals surface area contributed by atoms with Gasteiger partial charge in [0.05, 0.1) is 6.61 Å². The van der Waals surface area contributed by atoms with E-state index in [9.17, 15) is 0 Å². The van der Waals surface area contributed by atoms with Crippen LogP contribution in [0.25, 0.3) is 0 Å². The van der Waals surface area contributed by atoms with Crippen LogP contribution >= 0.6 is 0 Å². The van der Waals surface area contributed by atoms with E-state index in [2.05, 4.69) is 26.0 Å². The second-order valence-electron chi connectivity index (χ2n) is 2.65. The minimum absolute atomic E-state index is 0.566. The Morgan fingerprint density at radius 1 is 1.50 bits per heavy atom. The zero-order valence-corrected chi connectivity index (χ0v) is 7.26. The Hall–Kier alpha value is -0.300. The monoisotopic (exact) mass is 142 g/mol. The molecule has 0 fully saturated rings. The quantitative estimate of drug-likeness (QED) is 0.536. The van der Waals surface area contributed by atoms with Gasteiger partial charge < -0.3 is 4.74 Å². The molecule has 0 saturated carbocycles. The highest BCUT2D eigenvalue weighted by Gasteiger charge is 1.92. The zero-order valence-electron chi connectivity index (χ0n) is 7.26. The largest absolute Gasteiger partial charge is 0.384 e. The molecular weight excluding hydrogens is 124 g/mol. The fraction of sp³-hybridized carbons (Fsp3) is 0.778. The summed E-state index contributed by atoms with van der Waals surface area (Å²) in [6, 6.07) is 0. The van der Waals surface area contributed by atoms with Gasteiger partial charge in [0.1, 0.15) is 0 Å². The number of hydrogen-bond acceptors (Lipinski definition) is 1. The molecule has 0 saturated heterocycles. The van der Waals surface area contributed by atoms with Crippen molar-refractivity contribution < 1.29 is 4.74 Å². The van der Waals surface area contributed by atoms with Gasteiger partial charge in [-0.25, -0.2) is 0 Å². The summed E-state index contributed by atoms with van der Waals surface area (Å²) in [4.78, 5) is 0. The van der Waals surface area contributed by atoms with Gasteiger partial charge >= 0.3 is 0 Å². The third-order valence-electron chi connectivity index (χ3n) is 1.35. The number of ether oxygens (including phenoxy) is 1. The second-order valence-corrected chi connectivity index (χ2v) is 2.65. The molecule has 0 aliphatic rings. The van der Waals surface area contributed by atoms with Crippen LogP contribution in [0.5, 0.6) is 0 Å². The normalized spacial score (nSPS) is 14.3.